The molecule has 1 atom stereocenters. The molecule has 5 heteroatoms. The smallest absolute Gasteiger partial charge is 0.274 e. The number of amides is 1. The summed E-state index contributed by atoms with van der Waals surface area (Å²) in [6.07, 6.45) is 4.44. The van der Waals surface area contributed by atoms with Gasteiger partial charge in [0.2, 0.25) is 0 Å². The molecule has 0 saturated carbocycles. The van der Waals surface area contributed by atoms with Gasteiger partial charge in [0.05, 0.1) is 7.11 Å². The van der Waals surface area contributed by atoms with Crippen molar-refractivity contribution in [1.82, 2.24) is 10.4 Å². The van der Waals surface area contributed by atoms with Gasteiger partial charge in [0, 0.05) is 18.7 Å². The number of ether oxygens (including phenoxy) is 1. The van der Waals surface area contributed by atoms with Crippen molar-refractivity contribution >= 4 is 5.91 Å². The van der Waals surface area contributed by atoms with E-state index >= 15 is 0 Å². The first-order chi connectivity index (χ1) is 13.1. The highest BCUT2D eigenvalue weighted by molar-refractivity contribution is 5.93. The van der Waals surface area contributed by atoms with Crippen LogP contribution in [0.1, 0.15) is 39.9 Å². The van der Waals surface area contributed by atoms with Crippen molar-refractivity contribution in [1.29, 1.82) is 0 Å². The van der Waals surface area contributed by atoms with E-state index in [2.05, 4.69) is 17.0 Å². The van der Waals surface area contributed by atoms with Crippen LogP contribution in [-0.2, 0) is 19.4 Å². The van der Waals surface area contributed by atoms with Gasteiger partial charge in [0.1, 0.15) is 5.75 Å². The summed E-state index contributed by atoms with van der Waals surface area (Å²) in [5.74, 6) is 0.464. The zero-order valence-corrected chi connectivity index (χ0v) is 15.7. The number of carbonyl (C=O) groups excluding carboxylic acids is 1. The zero-order valence-electron chi connectivity index (χ0n) is 15.7. The number of likely N-dealkylation sites (tertiary alicyclic amines) is 1. The topological polar surface area (TPSA) is 61.8 Å². The number of aryl methyl sites for hydroxylation is 1. The average molecular weight is 366 g/mol. The molecule has 27 heavy (non-hydrogen) atoms. The molecule has 2 aliphatic rings. The van der Waals surface area contributed by atoms with Gasteiger partial charge in [-0.3, -0.25) is 14.9 Å². The van der Waals surface area contributed by atoms with Crippen molar-refractivity contribution in [2.24, 2.45) is 5.41 Å². The predicted molar refractivity (Wildman–Crippen MR) is 103 cm³/mol. The molecule has 142 valence electrons. The van der Waals surface area contributed by atoms with E-state index in [0.29, 0.717) is 11.0 Å². The Hall–Kier alpha value is -2.37. The van der Waals surface area contributed by atoms with Gasteiger partial charge in [-0.1, -0.05) is 18.2 Å². The number of nitrogens with zero attached hydrogens (tertiary/aromatic N) is 1. The second kappa shape index (κ2) is 7.33. The molecule has 1 fully saturated rings. The van der Waals surface area contributed by atoms with Crippen LogP contribution in [0.15, 0.2) is 42.5 Å². The lowest BCUT2D eigenvalue weighted by Crippen LogP contribution is -2.33. The highest BCUT2D eigenvalue weighted by Gasteiger charge is 2.40. The normalized spacial score (nSPS) is 21.9. The maximum atomic E-state index is 11.7. The third-order valence-electron chi connectivity index (χ3n) is 6.12. The van der Waals surface area contributed by atoms with Gasteiger partial charge in [0.15, 0.2) is 0 Å². The van der Waals surface area contributed by atoms with Crippen LogP contribution in [0.3, 0.4) is 0 Å². The Bertz CT molecular complexity index is 851. The van der Waals surface area contributed by atoms with E-state index in [4.69, 9.17) is 9.94 Å². The molecule has 5 nitrogen and oxygen atoms in total. The number of methoxy groups -OCH3 is 1. The number of carbonyl (C=O) groups is 1. The van der Waals surface area contributed by atoms with Gasteiger partial charge in [-0.05, 0) is 78.6 Å². The first-order valence-electron chi connectivity index (χ1n) is 9.52. The molecule has 1 saturated heterocycles. The highest BCUT2D eigenvalue weighted by atomic mass is 16.5. The number of hydrogen-bond donors (Lipinski definition) is 2. The number of hydroxylamine groups is 1. The summed E-state index contributed by atoms with van der Waals surface area (Å²) >= 11 is 0. The molecule has 1 unspecified atom stereocenters. The molecule has 1 spiro atoms. The maximum absolute atomic E-state index is 11.7. The molecule has 2 aromatic carbocycles. The molecule has 1 heterocycles. The molecule has 4 rings (SSSR count). The van der Waals surface area contributed by atoms with Gasteiger partial charge in [-0.2, -0.15) is 0 Å². The van der Waals surface area contributed by atoms with Crippen molar-refractivity contribution in [3.05, 3.63) is 64.7 Å². The Kier molecular flexibility index (Phi) is 4.89. The maximum Gasteiger partial charge on any atom is 0.274 e. The summed E-state index contributed by atoms with van der Waals surface area (Å²) in [4.78, 5) is 14.3. The third-order valence-corrected chi connectivity index (χ3v) is 6.12. The summed E-state index contributed by atoms with van der Waals surface area (Å²) in [5.41, 5.74) is 6.43. The molecule has 1 amide bonds. The minimum Gasteiger partial charge on any atom is -0.497 e. The largest absolute Gasteiger partial charge is 0.497 e. The molecule has 2 N–H and O–H groups in total. The number of benzene rings is 2. The second-order valence-electron chi connectivity index (χ2n) is 7.91. The monoisotopic (exact) mass is 366 g/mol. The van der Waals surface area contributed by atoms with E-state index in [-0.39, 0.29) is 0 Å². The summed E-state index contributed by atoms with van der Waals surface area (Å²) in [7, 11) is 1.70. The first-order valence-corrected chi connectivity index (χ1v) is 9.52. The number of nitrogens with one attached hydrogen (secondary N) is 1. The van der Waals surface area contributed by atoms with Crippen LogP contribution in [-0.4, -0.2) is 36.2 Å². The summed E-state index contributed by atoms with van der Waals surface area (Å²) in [6, 6.07) is 14.1. The average Bonchev–Trinajstić information content (AvgIpc) is 3.08. The van der Waals surface area contributed by atoms with Crippen molar-refractivity contribution in [3.63, 3.8) is 0 Å². The molecule has 2 aromatic rings. The van der Waals surface area contributed by atoms with E-state index in [1.807, 2.05) is 24.3 Å². The molecule has 0 radical (unpaired) electrons. The minimum atomic E-state index is -0.441. The lowest BCUT2D eigenvalue weighted by Gasteiger charge is -2.35. The number of fused-ring (bicyclic) bond motifs is 1. The Balaban J connectivity index is 1.47. The minimum absolute atomic E-state index is 0.292. The van der Waals surface area contributed by atoms with Crippen LogP contribution in [0.5, 0.6) is 5.75 Å². The lowest BCUT2D eigenvalue weighted by atomic mass is 9.71. The Morgan fingerprint density at radius 3 is 2.93 bits per heavy atom. The van der Waals surface area contributed by atoms with E-state index in [1.54, 1.807) is 18.7 Å². The Labute approximate surface area is 159 Å². The SMILES string of the molecule is COc1cccc(CN2CCC3(CCc4ccc(C(=O)NO)cc4C3)C2)c1. The van der Waals surface area contributed by atoms with E-state index in [0.717, 1.165) is 38.2 Å². The van der Waals surface area contributed by atoms with Crippen molar-refractivity contribution in [3.8, 4) is 5.75 Å². The highest BCUT2D eigenvalue weighted by Crippen LogP contribution is 2.43. The van der Waals surface area contributed by atoms with Crippen LogP contribution in [0.25, 0.3) is 0 Å². The van der Waals surface area contributed by atoms with Crippen LogP contribution in [0, 0.1) is 5.41 Å². The van der Waals surface area contributed by atoms with E-state index < -0.39 is 5.91 Å². The molecule has 0 bridgehead atoms. The zero-order chi connectivity index (χ0) is 18.9. The molecule has 1 aliphatic heterocycles. The fraction of sp³-hybridized carbons (Fsp3) is 0.409. The van der Waals surface area contributed by atoms with Gasteiger partial charge in [-0.15, -0.1) is 0 Å². The van der Waals surface area contributed by atoms with Crippen molar-refractivity contribution in [2.45, 2.75) is 32.2 Å². The van der Waals surface area contributed by atoms with Gasteiger partial charge in [0.25, 0.3) is 5.91 Å². The summed E-state index contributed by atoms with van der Waals surface area (Å²) in [5, 5.41) is 8.89. The second-order valence-corrected chi connectivity index (χ2v) is 7.91. The molecular weight excluding hydrogens is 340 g/mol. The van der Waals surface area contributed by atoms with Crippen LogP contribution in [0.2, 0.25) is 0 Å². The fourth-order valence-electron chi connectivity index (χ4n) is 4.67. The standard InChI is InChI=1S/C22H26N2O3/c1-27-20-4-2-3-16(11-20)14-24-10-9-22(15-24)8-7-17-5-6-18(21(25)23-26)12-19(17)13-22/h2-6,11-12,26H,7-10,13-15H2,1H3,(H,23,25). The fourth-order valence-corrected chi connectivity index (χ4v) is 4.67. The van der Waals surface area contributed by atoms with Crippen molar-refractivity contribution in [2.75, 3.05) is 20.2 Å². The van der Waals surface area contributed by atoms with Crippen LogP contribution in [0.4, 0.5) is 0 Å². The predicted octanol–water partition coefficient (Wildman–Crippen LogP) is 3.20. The quantitative estimate of drug-likeness (QED) is 0.644. The Morgan fingerprint density at radius 2 is 2.11 bits per heavy atom. The van der Waals surface area contributed by atoms with Crippen LogP contribution >= 0.6 is 0 Å². The van der Waals surface area contributed by atoms with E-state index in [1.165, 1.54) is 29.5 Å². The van der Waals surface area contributed by atoms with E-state index in [9.17, 15) is 4.79 Å². The van der Waals surface area contributed by atoms with Gasteiger partial charge in [-0.25, -0.2) is 5.48 Å². The molecule has 1 aliphatic carbocycles. The van der Waals surface area contributed by atoms with Crippen molar-refractivity contribution < 1.29 is 14.7 Å². The Morgan fingerprint density at radius 1 is 1.22 bits per heavy atom. The first kappa shape index (κ1) is 18.0. The third kappa shape index (κ3) is 3.70. The number of rotatable bonds is 4. The lowest BCUT2D eigenvalue weighted by molar-refractivity contribution is 0.0706. The number of hydrogen-bond acceptors (Lipinski definition) is 4. The molecular formula is C22H26N2O3. The summed E-state index contributed by atoms with van der Waals surface area (Å²) < 4.78 is 5.34. The van der Waals surface area contributed by atoms with Gasteiger partial charge >= 0.3 is 0 Å². The van der Waals surface area contributed by atoms with Gasteiger partial charge < -0.3 is 4.74 Å². The summed E-state index contributed by atoms with van der Waals surface area (Å²) in [6.45, 7) is 3.13. The van der Waals surface area contributed by atoms with Crippen LogP contribution < -0.4 is 10.2 Å². The molecule has 0 aromatic heterocycles.